The lowest BCUT2D eigenvalue weighted by Crippen LogP contribution is -3.00. The molecule has 0 bridgehead atoms. The van der Waals surface area contributed by atoms with Gasteiger partial charge in [0.05, 0.1) is 24.6 Å². The van der Waals surface area contributed by atoms with E-state index in [2.05, 4.69) is 27.7 Å². The third kappa shape index (κ3) is 11.4. The lowest BCUT2D eigenvalue weighted by Gasteiger charge is -2.27. The van der Waals surface area contributed by atoms with Crippen LogP contribution >= 0.6 is 7.26 Å². The van der Waals surface area contributed by atoms with E-state index in [1.807, 2.05) is 0 Å². The fourth-order valence-corrected chi connectivity index (χ4v) is 8.40. The second-order valence-electron chi connectivity index (χ2n) is 6.36. The second kappa shape index (κ2) is 16.1. The predicted molar refractivity (Wildman–Crippen MR) is 95.3 cm³/mol. The number of rotatable bonds is 14. The van der Waals surface area contributed by atoms with Gasteiger partial charge in [-0.3, -0.25) is 0 Å². The van der Waals surface area contributed by atoms with Gasteiger partial charge in [0, 0.05) is 7.26 Å². The number of hydrogen-bond donors (Lipinski definition) is 0. The zero-order valence-electron chi connectivity index (χ0n) is 14.7. The summed E-state index contributed by atoms with van der Waals surface area (Å²) in [4.78, 5) is 0. The smallest absolute Gasteiger partial charge is 0.0594 e. The SMILES string of the molecule is CCCCCC[P+](CCC)(CCC)CCCCCC.[Cl-]. The highest BCUT2D eigenvalue weighted by molar-refractivity contribution is 7.75. The molecule has 0 radical (unpaired) electrons. The van der Waals surface area contributed by atoms with Crippen LogP contribution in [-0.4, -0.2) is 24.6 Å². The quantitative estimate of drug-likeness (QED) is 0.335. The molecule has 0 aliphatic heterocycles. The van der Waals surface area contributed by atoms with Crippen molar-refractivity contribution < 1.29 is 12.4 Å². The van der Waals surface area contributed by atoms with Gasteiger partial charge in [-0.15, -0.1) is 0 Å². The van der Waals surface area contributed by atoms with E-state index >= 15 is 0 Å². The highest BCUT2D eigenvalue weighted by atomic mass is 35.5. The highest BCUT2D eigenvalue weighted by Crippen LogP contribution is 2.61. The van der Waals surface area contributed by atoms with E-state index in [1.165, 1.54) is 64.2 Å². The Morgan fingerprint density at radius 3 is 1.15 bits per heavy atom. The van der Waals surface area contributed by atoms with Crippen molar-refractivity contribution in [3.63, 3.8) is 0 Å². The predicted octanol–water partition coefficient (Wildman–Crippen LogP) is 3.99. The van der Waals surface area contributed by atoms with Gasteiger partial charge in [-0.2, -0.15) is 0 Å². The van der Waals surface area contributed by atoms with Crippen LogP contribution in [0.5, 0.6) is 0 Å². The Morgan fingerprint density at radius 2 is 0.850 bits per heavy atom. The first-order valence-corrected chi connectivity index (χ1v) is 11.6. The Bertz CT molecular complexity index is 162. The molecule has 0 aromatic heterocycles. The van der Waals surface area contributed by atoms with Gasteiger partial charge in [0.25, 0.3) is 0 Å². The summed E-state index contributed by atoms with van der Waals surface area (Å²) >= 11 is 0. The summed E-state index contributed by atoms with van der Waals surface area (Å²) in [5, 5.41) is 0. The van der Waals surface area contributed by atoms with Gasteiger partial charge in [0.1, 0.15) is 0 Å². The number of halogens is 1. The molecule has 0 saturated heterocycles. The van der Waals surface area contributed by atoms with Crippen LogP contribution in [0.4, 0.5) is 0 Å². The zero-order valence-corrected chi connectivity index (χ0v) is 16.4. The van der Waals surface area contributed by atoms with Gasteiger partial charge in [-0.1, -0.05) is 53.4 Å². The van der Waals surface area contributed by atoms with E-state index < -0.39 is 7.26 Å². The normalized spacial score (nSPS) is 11.4. The monoisotopic (exact) mass is 322 g/mol. The largest absolute Gasteiger partial charge is 1.00 e. The number of unbranched alkanes of at least 4 members (excludes halogenated alkanes) is 6. The molecule has 0 N–H and O–H groups in total. The van der Waals surface area contributed by atoms with Crippen molar-refractivity contribution in [1.29, 1.82) is 0 Å². The van der Waals surface area contributed by atoms with Crippen LogP contribution in [-0.2, 0) is 0 Å². The van der Waals surface area contributed by atoms with E-state index in [9.17, 15) is 0 Å². The molecule has 20 heavy (non-hydrogen) atoms. The molecule has 0 aliphatic rings. The fraction of sp³-hybridized carbons (Fsp3) is 1.00. The van der Waals surface area contributed by atoms with Crippen molar-refractivity contribution in [2.45, 2.75) is 91.9 Å². The summed E-state index contributed by atoms with van der Waals surface area (Å²) < 4.78 is 0. The molecular formula is C18H40ClP. The van der Waals surface area contributed by atoms with Crippen molar-refractivity contribution >= 4 is 7.26 Å². The molecule has 124 valence electrons. The Balaban J connectivity index is 0. The van der Waals surface area contributed by atoms with Crippen LogP contribution in [0.1, 0.15) is 91.9 Å². The standard InChI is InChI=1S/C18H40P.ClH/c1-5-9-11-13-17-19(15-7-3,16-8-4)18-14-12-10-6-2;/h5-18H2,1-4H3;1H/q+1;/p-1. The van der Waals surface area contributed by atoms with Gasteiger partial charge in [0.15, 0.2) is 0 Å². The van der Waals surface area contributed by atoms with Gasteiger partial charge >= 0.3 is 0 Å². The fourth-order valence-electron chi connectivity index (χ4n) is 3.37. The maximum atomic E-state index is 2.41. The van der Waals surface area contributed by atoms with Crippen LogP contribution in [0.25, 0.3) is 0 Å². The van der Waals surface area contributed by atoms with E-state index in [0.717, 1.165) is 0 Å². The molecule has 0 aromatic rings. The molecule has 0 rings (SSSR count). The molecule has 0 nitrogen and oxygen atoms in total. The van der Waals surface area contributed by atoms with Gasteiger partial charge in [0.2, 0.25) is 0 Å². The van der Waals surface area contributed by atoms with Gasteiger partial charge in [-0.05, 0) is 38.5 Å². The van der Waals surface area contributed by atoms with Crippen LogP contribution in [0.15, 0.2) is 0 Å². The molecule has 0 atom stereocenters. The number of hydrogen-bond acceptors (Lipinski definition) is 0. The van der Waals surface area contributed by atoms with Crippen LogP contribution in [0, 0.1) is 0 Å². The molecule has 0 unspecified atom stereocenters. The first-order chi connectivity index (χ1) is 9.24. The van der Waals surface area contributed by atoms with Crippen molar-refractivity contribution in [2.75, 3.05) is 24.6 Å². The molecule has 0 spiro atoms. The van der Waals surface area contributed by atoms with Gasteiger partial charge < -0.3 is 12.4 Å². The molecule has 0 heterocycles. The van der Waals surface area contributed by atoms with E-state index in [-0.39, 0.29) is 12.4 Å². The second-order valence-corrected chi connectivity index (χ2v) is 10.8. The molecule has 2 heteroatoms. The lowest BCUT2D eigenvalue weighted by atomic mass is 10.2. The Labute approximate surface area is 136 Å². The maximum Gasteiger partial charge on any atom is 0.0594 e. The first-order valence-electron chi connectivity index (χ1n) is 9.09. The van der Waals surface area contributed by atoms with E-state index in [0.29, 0.717) is 0 Å². The third-order valence-corrected chi connectivity index (χ3v) is 9.69. The minimum atomic E-state index is -0.577. The van der Waals surface area contributed by atoms with Crippen molar-refractivity contribution in [1.82, 2.24) is 0 Å². The molecule has 0 aromatic carbocycles. The summed E-state index contributed by atoms with van der Waals surface area (Å²) in [7, 11) is -0.577. The summed E-state index contributed by atoms with van der Waals surface area (Å²) in [6.45, 7) is 9.46. The molecule has 0 fully saturated rings. The Morgan fingerprint density at radius 1 is 0.450 bits per heavy atom. The summed E-state index contributed by atoms with van der Waals surface area (Å²) in [5.41, 5.74) is 0. The minimum absolute atomic E-state index is 0. The first kappa shape index (κ1) is 23.0. The van der Waals surface area contributed by atoms with Crippen LogP contribution < -0.4 is 12.4 Å². The molecule has 0 amide bonds. The minimum Gasteiger partial charge on any atom is -1.00 e. The van der Waals surface area contributed by atoms with Crippen LogP contribution in [0.3, 0.4) is 0 Å². The van der Waals surface area contributed by atoms with E-state index in [1.54, 1.807) is 24.6 Å². The maximum absolute atomic E-state index is 2.41. The van der Waals surface area contributed by atoms with Crippen molar-refractivity contribution in [2.24, 2.45) is 0 Å². The lowest BCUT2D eigenvalue weighted by molar-refractivity contribution is -0.00000449. The summed E-state index contributed by atoms with van der Waals surface area (Å²) in [5.74, 6) is 0. The summed E-state index contributed by atoms with van der Waals surface area (Å²) in [6.07, 6.45) is 20.9. The molecule has 0 saturated carbocycles. The van der Waals surface area contributed by atoms with Crippen LogP contribution in [0.2, 0.25) is 0 Å². The van der Waals surface area contributed by atoms with Crippen molar-refractivity contribution in [3.8, 4) is 0 Å². The van der Waals surface area contributed by atoms with E-state index in [4.69, 9.17) is 0 Å². The average Bonchev–Trinajstić information content (AvgIpc) is 2.41. The zero-order chi connectivity index (χ0) is 14.4. The topological polar surface area (TPSA) is 0 Å². The summed E-state index contributed by atoms with van der Waals surface area (Å²) in [6, 6.07) is 0. The Hall–Kier alpha value is 0.720. The average molecular weight is 323 g/mol. The third-order valence-electron chi connectivity index (χ3n) is 4.37. The highest BCUT2D eigenvalue weighted by Gasteiger charge is 2.33. The van der Waals surface area contributed by atoms with Gasteiger partial charge in [-0.25, -0.2) is 0 Å². The van der Waals surface area contributed by atoms with Crippen molar-refractivity contribution in [3.05, 3.63) is 0 Å². The Kier molecular flexibility index (Phi) is 18.5. The molecule has 0 aliphatic carbocycles. The molecular weight excluding hydrogens is 283 g/mol.